The Morgan fingerprint density at radius 3 is 2.75 bits per heavy atom. The van der Waals surface area contributed by atoms with Gasteiger partial charge in [-0.3, -0.25) is 9.69 Å². The molecule has 2 aromatic rings. The molecule has 0 radical (unpaired) electrons. The lowest BCUT2D eigenvalue weighted by Crippen LogP contribution is -2.53. The highest BCUT2D eigenvalue weighted by Crippen LogP contribution is 2.31. The van der Waals surface area contributed by atoms with Crippen LogP contribution < -0.4 is 9.47 Å². The van der Waals surface area contributed by atoms with Gasteiger partial charge in [0.05, 0.1) is 11.2 Å². The third kappa shape index (κ3) is 3.22. The molecule has 1 amide bonds. The van der Waals surface area contributed by atoms with E-state index < -0.39 is 6.10 Å². The summed E-state index contributed by atoms with van der Waals surface area (Å²) in [6.07, 6.45) is -0.551. The predicted molar refractivity (Wildman–Crippen MR) is 90.3 cm³/mol. The van der Waals surface area contributed by atoms with E-state index in [2.05, 4.69) is 15.3 Å². The fourth-order valence-corrected chi connectivity index (χ4v) is 3.57. The van der Waals surface area contributed by atoms with Crippen LogP contribution in [0.1, 0.15) is 5.69 Å². The van der Waals surface area contributed by atoms with Crippen LogP contribution in [0.15, 0.2) is 35.2 Å². The first-order valence-electron chi connectivity index (χ1n) is 8.06. The number of hydrogen-bond donors (Lipinski definition) is 0. The van der Waals surface area contributed by atoms with Crippen molar-refractivity contribution in [3.8, 4) is 11.5 Å². The van der Waals surface area contributed by atoms with E-state index in [-0.39, 0.29) is 12.5 Å². The molecule has 126 valence electrons. The van der Waals surface area contributed by atoms with Crippen LogP contribution in [0.3, 0.4) is 0 Å². The van der Waals surface area contributed by atoms with E-state index in [1.165, 1.54) is 0 Å². The number of piperazine rings is 1. The van der Waals surface area contributed by atoms with Gasteiger partial charge in [-0.2, -0.15) is 0 Å². The number of para-hydroxylation sites is 2. The molecule has 3 heterocycles. The molecule has 1 fully saturated rings. The number of carbonyl (C=O) groups is 1. The number of hydrogen-bond acceptors (Lipinski definition) is 6. The standard InChI is InChI=1S/C17H19N3O3S/c21-17(16-10-22-14-3-1-2-4-15(14)23-16)20-7-5-19(6-8-20)9-13-11-24-12-18-13/h1-4,11-12,16H,5-10H2. The molecule has 1 unspecified atom stereocenters. The van der Waals surface area contributed by atoms with E-state index in [0.29, 0.717) is 24.6 Å². The molecular weight excluding hydrogens is 326 g/mol. The van der Waals surface area contributed by atoms with Crippen molar-refractivity contribution in [2.75, 3.05) is 32.8 Å². The molecule has 1 saturated heterocycles. The summed E-state index contributed by atoms with van der Waals surface area (Å²) in [6.45, 7) is 4.26. The van der Waals surface area contributed by atoms with E-state index in [1.54, 1.807) is 11.3 Å². The Kier molecular flexibility index (Phi) is 4.36. The first-order chi connectivity index (χ1) is 11.8. The van der Waals surface area contributed by atoms with Gasteiger partial charge in [-0.25, -0.2) is 4.98 Å². The maximum absolute atomic E-state index is 12.7. The topological polar surface area (TPSA) is 54.9 Å². The van der Waals surface area contributed by atoms with Crippen molar-refractivity contribution in [1.29, 1.82) is 0 Å². The molecule has 0 saturated carbocycles. The maximum Gasteiger partial charge on any atom is 0.267 e. The number of nitrogens with zero attached hydrogens (tertiary/aromatic N) is 3. The molecule has 7 heteroatoms. The summed E-state index contributed by atoms with van der Waals surface area (Å²) in [6, 6.07) is 7.46. The summed E-state index contributed by atoms with van der Waals surface area (Å²) in [4.78, 5) is 21.2. The highest BCUT2D eigenvalue weighted by atomic mass is 32.1. The SMILES string of the molecule is O=C(C1COc2ccccc2O1)N1CCN(Cc2cscn2)CC1. The van der Waals surface area contributed by atoms with Crippen LogP contribution in [0.2, 0.25) is 0 Å². The first-order valence-corrected chi connectivity index (χ1v) is 9.00. The van der Waals surface area contributed by atoms with Crippen molar-refractivity contribution in [3.05, 3.63) is 40.8 Å². The molecule has 2 aliphatic heterocycles. The van der Waals surface area contributed by atoms with Gasteiger partial charge in [0, 0.05) is 38.1 Å². The lowest BCUT2D eigenvalue weighted by molar-refractivity contribution is -0.143. The normalized spacial score (nSPS) is 20.8. The maximum atomic E-state index is 12.7. The van der Waals surface area contributed by atoms with E-state index in [0.717, 1.165) is 25.3 Å². The van der Waals surface area contributed by atoms with Gasteiger partial charge in [0.25, 0.3) is 5.91 Å². The summed E-state index contributed by atoms with van der Waals surface area (Å²) in [7, 11) is 0. The van der Waals surface area contributed by atoms with Crippen molar-refractivity contribution in [3.63, 3.8) is 0 Å². The molecule has 1 atom stereocenters. The van der Waals surface area contributed by atoms with Crippen molar-refractivity contribution >= 4 is 17.2 Å². The van der Waals surface area contributed by atoms with Crippen LogP contribution in [-0.2, 0) is 11.3 Å². The molecule has 0 bridgehead atoms. The summed E-state index contributed by atoms with van der Waals surface area (Å²) in [5.74, 6) is 1.36. The summed E-state index contributed by atoms with van der Waals surface area (Å²) in [5, 5.41) is 2.07. The predicted octanol–water partition coefficient (Wildman–Crippen LogP) is 1.63. The van der Waals surface area contributed by atoms with Crippen LogP contribution in [-0.4, -0.2) is 59.6 Å². The van der Waals surface area contributed by atoms with Gasteiger partial charge in [-0.1, -0.05) is 12.1 Å². The number of benzene rings is 1. The van der Waals surface area contributed by atoms with Crippen LogP contribution >= 0.6 is 11.3 Å². The molecule has 24 heavy (non-hydrogen) atoms. The lowest BCUT2D eigenvalue weighted by Gasteiger charge is -2.36. The van der Waals surface area contributed by atoms with E-state index in [4.69, 9.17) is 9.47 Å². The third-order valence-corrected chi connectivity index (χ3v) is 4.97. The fraction of sp³-hybridized carbons (Fsp3) is 0.412. The van der Waals surface area contributed by atoms with Gasteiger partial charge < -0.3 is 14.4 Å². The van der Waals surface area contributed by atoms with E-state index in [1.807, 2.05) is 34.7 Å². The van der Waals surface area contributed by atoms with Crippen LogP contribution in [0.5, 0.6) is 11.5 Å². The van der Waals surface area contributed by atoms with Gasteiger partial charge in [-0.15, -0.1) is 11.3 Å². The van der Waals surface area contributed by atoms with Crippen molar-refractivity contribution in [2.45, 2.75) is 12.6 Å². The van der Waals surface area contributed by atoms with Gasteiger partial charge in [0.2, 0.25) is 6.10 Å². The van der Waals surface area contributed by atoms with Crippen molar-refractivity contribution in [2.24, 2.45) is 0 Å². The monoisotopic (exact) mass is 345 g/mol. The highest BCUT2D eigenvalue weighted by molar-refractivity contribution is 7.07. The number of rotatable bonds is 3. The zero-order valence-corrected chi connectivity index (χ0v) is 14.1. The number of amides is 1. The molecule has 1 aromatic carbocycles. The van der Waals surface area contributed by atoms with Crippen molar-refractivity contribution in [1.82, 2.24) is 14.8 Å². The minimum Gasteiger partial charge on any atom is -0.485 e. The van der Waals surface area contributed by atoms with E-state index in [9.17, 15) is 4.79 Å². The fourth-order valence-electron chi connectivity index (χ4n) is 3.02. The second kappa shape index (κ2) is 6.78. The van der Waals surface area contributed by atoms with Crippen molar-refractivity contribution < 1.29 is 14.3 Å². The highest BCUT2D eigenvalue weighted by Gasteiger charge is 2.32. The third-order valence-electron chi connectivity index (χ3n) is 4.34. The molecule has 2 aliphatic rings. The Balaban J connectivity index is 1.32. The average Bonchev–Trinajstić information content (AvgIpc) is 3.14. The molecular formula is C17H19N3O3S. The van der Waals surface area contributed by atoms with Crippen LogP contribution in [0.25, 0.3) is 0 Å². The minimum atomic E-state index is -0.551. The van der Waals surface area contributed by atoms with Crippen LogP contribution in [0.4, 0.5) is 0 Å². The largest absolute Gasteiger partial charge is 0.485 e. The Hall–Kier alpha value is -2.12. The summed E-state index contributed by atoms with van der Waals surface area (Å²) < 4.78 is 11.5. The Morgan fingerprint density at radius 1 is 1.21 bits per heavy atom. The van der Waals surface area contributed by atoms with E-state index >= 15 is 0 Å². The number of thiazole rings is 1. The lowest BCUT2D eigenvalue weighted by atomic mass is 10.2. The quantitative estimate of drug-likeness (QED) is 0.846. The van der Waals surface area contributed by atoms with Gasteiger partial charge in [-0.05, 0) is 12.1 Å². The second-order valence-corrected chi connectivity index (χ2v) is 6.66. The van der Waals surface area contributed by atoms with Gasteiger partial charge >= 0.3 is 0 Å². The van der Waals surface area contributed by atoms with Crippen LogP contribution in [0, 0.1) is 0 Å². The van der Waals surface area contributed by atoms with Gasteiger partial charge in [0.1, 0.15) is 6.61 Å². The smallest absolute Gasteiger partial charge is 0.267 e. The zero-order chi connectivity index (χ0) is 16.4. The second-order valence-electron chi connectivity index (χ2n) is 5.95. The number of carbonyl (C=O) groups excluding carboxylic acids is 1. The Labute approximate surface area is 144 Å². The summed E-state index contributed by atoms with van der Waals surface area (Å²) in [5.41, 5.74) is 2.95. The summed E-state index contributed by atoms with van der Waals surface area (Å²) >= 11 is 1.61. The molecule has 6 nitrogen and oxygen atoms in total. The molecule has 0 aliphatic carbocycles. The molecule has 1 aromatic heterocycles. The average molecular weight is 345 g/mol. The minimum absolute atomic E-state index is 0.0119. The first kappa shape index (κ1) is 15.4. The molecule has 0 N–H and O–H groups in total. The zero-order valence-electron chi connectivity index (χ0n) is 13.3. The molecule has 4 rings (SSSR count). The number of fused-ring (bicyclic) bond motifs is 1. The number of aromatic nitrogens is 1. The number of ether oxygens (including phenoxy) is 2. The molecule has 0 spiro atoms. The Morgan fingerprint density at radius 2 is 2.00 bits per heavy atom. The van der Waals surface area contributed by atoms with Gasteiger partial charge in [0.15, 0.2) is 11.5 Å². The Bertz CT molecular complexity index is 699.